The van der Waals surface area contributed by atoms with Crippen LogP contribution in [-0.4, -0.2) is 34.5 Å². The molecule has 0 atom stereocenters. The van der Waals surface area contributed by atoms with E-state index in [1.54, 1.807) is 4.90 Å². The van der Waals surface area contributed by atoms with E-state index in [-0.39, 0.29) is 6.03 Å². The van der Waals surface area contributed by atoms with Gasteiger partial charge in [-0.05, 0) is 6.42 Å². The van der Waals surface area contributed by atoms with Gasteiger partial charge in [0.25, 0.3) is 0 Å². The van der Waals surface area contributed by atoms with E-state index in [9.17, 15) is 4.79 Å². The summed E-state index contributed by atoms with van der Waals surface area (Å²) < 4.78 is 0.296. The van der Waals surface area contributed by atoms with Gasteiger partial charge in [-0.25, -0.2) is 4.79 Å². The summed E-state index contributed by atoms with van der Waals surface area (Å²) in [5.74, 6) is 0.996. The van der Waals surface area contributed by atoms with Gasteiger partial charge in [0, 0.05) is 23.6 Å². The van der Waals surface area contributed by atoms with Crippen molar-refractivity contribution in [3.05, 3.63) is 0 Å². The predicted octanol–water partition coefficient (Wildman–Crippen LogP) is 1.28. The molecule has 0 aromatic heterocycles. The Labute approximate surface area is 77.7 Å². The SMILES string of the molecule is CC1(C)CCN(C(N)=O)CCS1. The summed E-state index contributed by atoms with van der Waals surface area (Å²) in [6, 6.07) is -0.284. The van der Waals surface area contributed by atoms with E-state index in [0.717, 1.165) is 25.3 Å². The quantitative estimate of drug-likeness (QED) is 0.622. The van der Waals surface area contributed by atoms with Crippen molar-refractivity contribution in [3.63, 3.8) is 0 Å². The molecule has 0 spiro atoms. The van der Waals surface area contributed by atoms with E-state index in [1.165, 1.54) is 0 Å². The molecule has 1 saturated heterocycles. The minimum atomic E-state index is -0.284. The predicted molar refractivity (Wildman–Crippen MR) is 52.3 cm³/mol. The van der Waals surface area contributed by atoms with Crippen LogP contribution in [0.5, 0.6) is 0 Å². The lowest BCUT2D eigenvalue weighted by atomic mass is 10.1. The first-order chi connectivity index (χ1) is 5.51. The van der Waals surface area contributed by atoms with Crippen molar-refractivity contribution in [2.24, 2.45) is 5.73 Å². The molecule has 0 radical (unpaired) electrons. The summed E-state index contributed by atoms with van der Waals surface area (Å²) >= 11 is 1.91. The van der Waals surface area contributed by atoms with E-state index in [1.807, 2.05) is 11.8 Å². The van der Waals surface area contributed by atoms with Crippen LogP contribution < -0.4 is 5.73 Å². The third-order valence-corrected chi connectivity index (χ3v) is 3.52. The molecule has 2 amide bonds. The van der Waals surface area contributed by atoms with Crippen LogP contribution >= 0.6 is 11.8 Å². The number of carbonyl (C=O) groups is 1. The number of thioether (sulfide) groups is 1. The zero-order chi connectivity index (χ0) is 9.19. The average Bonchev–Trinajstić information content (AvgIpc) is 2.10. The molecule has 0 aromatic rings. The Morgan fingerprint density at radius 2 is 2.17 bits per heavy atom. The van der Waals surface area contributed by atoms with Crippen molar-refractivity contribution in [2.45, 2.75) is 25.0 Å². The molecule has 0 saturated carbocycles. The van der Waals surface area contributed by atoms with Gasteiger partial charge in [-0.1, -0.05) is 13.8 Å². The number of hydrogen-bond acceptors (Lipinski definition) is 2. The number of urea groups is 1. The second-order valence-corrected chi connectivity index (χ2v) is 5.49. The molecular formula is C8H16N2OS. The van der Waals surface area contributed by atoms with Crippen LogP contribution in [0.4, 0.5) is 4.79 Å². The molecule has 1 rings (SSSR count). The van der Waals surface area contributed by atoms with Gasteiger partial charge in [0.15, 0.2) is 0 Å². The molecule has 12 heavy (non-hydrogen) atoms. The fourth-order valence-corrected chi connectivity index (χ4v) is 2.34. The average molecular weight is 188 g/mol. The first-order valence-electron chi connectivity index (χ1n) is 4.20. The topological polar surface area (TPSA) is 46.3 Å². The molecule has 0 aromatic carbocycles. The van der Waals surface area contributed by atoms with Gasteiger partial charge in [0.1, 0.15) is 0 Å². The monoisotopic (exact) mass is 188 g/mol. The molecule has 70 valence electrons. The van der Waals surface area contributed by atoms with Gasteiger partial charge in [0.05, 0.1) is 0 Å². The molecule has 4 heteroatoms. The Morgan fingerprint density at radius 1 is 1.50 bits per heavy atom. The van der Waals surface area contributed by atoms with E-state index in [2.05, 4.69) is 13.8 Å². The van der Waals surface area contributed by atoms with Crippen molar-refractivity contribution in [3.8, 4) is 0 Å². The Hall–Kier alpha value is -0.380. The minimum absolute atomic E-state index is 0.284. The lowest BCUT2D eigenvalue weighted by molar-refractivity contribution is 0.210. The Balaban J connectivity index is 2.50. The first-order valence-corrected chi connectivity index (χ1v) is 5.18. The van der Waals surface area contributed by atoms with Crippen LogP contribution in [0.25, 0.3) is 0 Å². The van der Waals surface area contributed by atoms with Gasteiger partial charge in [-0.2, -0.15) is 11.8 Å². The maximum atomic E-state index is 10.9. The van der Waals surface area contributed by atoms with E-state index < -0.39 is 0 Å². The lowest BCUT2D eigenvalue weighted by Gasteiger charge is -2.21. The maximum Gasteiger partial charge on any atom is 0.314 e. The smallest absolute Gasteiger partial charge is 0.314 e. The Morgan fingerprint density at radius 3 is 2.75 bits per heavy atom. The molecule has 0 unspecified atom stereocenters. The zero-order valence-corrected chi connectivity index (χ0v) is 8.49. The standard InChI is InChI=1S/C8H16N2OS/c1-8(2)3-4-10(7(9)11)5-6-12-8/h3-6H2,1-2H3,(H2,9,11). The fraction of sp³-hybridized carbons (Fsp3) is 0.875. The summed E-state index contributed by atoms with van der Waals surface area (Å²) in [4.78, 5) is 12.6. The maximum absolute atomic E-state index is 10.9. The molecule has 1 heterocycles. The van der Waals surface area contributed by atoms with Crippen molar-refractivity contribution in [1.82, 2.24) is 4.90 Å². The summed E-state index contributed by atoms with van der Waals surface area (Å²) in [6.07, 6.45) is 1.03. The highest BCUT2D eigenvalue weighted by Gasteiger charge is 2.24. The number of nitrogens with two attached hydrogens (primary N) is 1. The van der Waals surface area contributed by atoms with Crippen LogP contribution in [0.2, 0.25) is 0 Å². The van der Waals surface area contributed by atoms with Gasteiger partial charge in [-0.3, -0.25) is 0 Å². The van der Waals surface area contributed by atoms with Crippen LogP contribution in [0.15, 0.2) is 0 Å². The molecule has 3 nitrogen and oxygen atoms in total. The highest BCUT2D eigenvalue weighted by Crippen LogP contribution is 2.30. The number of primary amides is 1. The third-order valence-electron chi connectivity index (χ3n) is 2.15. The third kappa shape index (κ3) is 2.59. The van der Waals surface area contributed by atoms with Gasteiger partial charge >= 0.3 is 6.03 Å². The number of amides is 2. The molecule has 0 aliphatic carbocycles. The number of carbonyl (C=O) groups excluding carboxylic acids is 1. The summed E-state index contributed by atoms with van der Waals surface area (Å²) in [5.41, 5.74) is 5.20. The van der Waals surface area contributed by atoms with Gasteiger partial charge < -0.3 is 10.6 Å². The van der Waals surface area contributed by atoms with Gasteiger partial charge in [0.2, 0.25) is 0 Å². The molecule has 2 N–H and O–H groups in total. The number of rotatable bonds is 0. The van der Waals surface area contributed by atoms with Crippen LogP contribution in [0, 0.1) is 0 Å². The van der Waals surface area contributed by atoms with Crippen molar-refractivity contribution in [2.75, 3.05) is 18.8 Å². The summed E-state index contributed by atoms with van der Waals surface area (Å²) in [6.45, 7) is 6.02. The fourth-order valence-electron chi connectivity index (χ4n) is 1.24. The molecular weight excluding hydrogens is 172 g/mol. The van der Waals surface area contributed by atoms with E-state index in [0.29, 0.717) is 4.75 Å². The number of hydrogen-bond donors (Lipinski definition) is 1. The van der Waals surface area contributed by atoms with Crippen molar-refractivity contribution < 1.29 is 4.79 Å². The minimum Gasteiger partial charge on any atom is -0.351 e. The van der Waals surface area contributed by atoms with Crippen LogP contribution in [-0.2, 0) is 0 Å². The summed E-state index contributed by atoms with van der Waals surface area (Å²) in [5, 5.41) is 0. The van der Waals surface area contributed by atoms with Crippen molar-refractivity contribution in [1.29, 1.82) is 0 Å². The van der Waals surface area contributed by atoms with Gasteiger partial charge in [-0.15, -0.1) is 0 Å². The first kappa shape index (κ1) is 9.71. The largest absolute Gasteiger partial charge is 0.351 e. The molecule has 1 aliphatic rings. The second-order valence-electron chi connectivity index (χ2n) is 3.68. The Kier molecular flexibility index (Phi) is 2.88. The summed E-state index contributed by atoms with van der Waals surface area (Å²) in [7, 11) is 0. The second kappa shape index (κ2) is 3.56. The van der Waals surface area contributed by atoms with Crippen LogP contribution in [0.3, 0.4) is 0 Å². The van der Waals surface area contributed by atoms with Crippen molar-refractivity contribution >= 4 is 17.8 Å². The van der Waals surface area contributed by atoms with E-state index in [4.69, 9.17) is 5.73 Å². The zero-order valence-electron chi connectivity index (χ0n) is 7.67. The highest BCUT2D eigenvalue weighted by atomic mass is 32.2. The molecule has 1 fully saturated rings. The lowest BCUT2D eigenvalue weighted by Crippen LogP contribution is -2.37. The molecule has 1 aliphatic heterocycles. The highest BCUT2D eigenvalue weighted by molar-refractivity contribution is 8.00. The van der Waals surface area contributed by atoms with E-state index >= 15 is 0 Å². The Bertz CT molecular complexity index is 182. The van der Waals surface area contributed by atoms with Crippen LogP contribution in [0.1, 0.15) is 20.3 Å². The molecule has 0 bridgehead atoms. The number of nitrogens with zero attached hydrogens (tertiary/aromatic N) is 1. The normalized spacial score (nSPS) is 23.3.